The minimum absolute atomic E-state index is 0.0568. The minimum atomic E-state index is -0.986. The normalized spacial score (nSPS) is 11.3. The average molecular weight is 525 g/mol. The van der Waals surface area contributed by atoms with Gasteiger partial charge in [0.2, 0.25) is 5.91 Å². The summed E-state index contributed by atoms with van der Waals surface area (Å²) in [4.78, 5) is 37.0. The fourth-order valence-corrected chi connectivity index (χ4v) is 3.70. The Balaban J connectivity index is 1.41. The van der Waals surface area contributed by atoms with Crippen molar-refractivity contribution in [1.82, 2.24) is 5.32 Å². The Labute approximate surface area is 226 Å². The number of hydrogen-bond acceptors (Lipinski definition) is 5. The third kappa shape index (κ3) is 8.55. The molecule has 4 aromatic carbocycles. The van der Waals surface area contributed by atoms with Crippen LogP contribution in [-0.2, 0) is 27.4 Å². The number of benzene rings is 4. The van der Waals surface area contributed by atoms with Gasteiger partial charge in [-0.1, -0.05) is 60.7 Å². The van der Waals surface area contributed by atoms with Crippen LogP contribution in [0.5, 0.6) is 11.5 Å². The van der Waals surface area contributed by atoms with Gasteiger partial charge in [-0.05, 0) is 59.7 Å². The third-order valence-electron chi connectivity index (χ3n) is 5.69. The smallest absolute Gasteiger partial charge is 0.307 e. The zero-order valence-electron chi connectivity index (χ0n) is 21.1. The SMILES string of the molecule is O=C(O)Cc1ccc(C(=O)NC(COCc2ccccc2)C(=O)Nc2ccc(Oc3ccccc3)cc2)cc1. The molecule has 0 fully saturated rings. The number of nitrogens with one attached hydrogen (secondary N) is 2. The molecule has 8 heteroatoms. The van der Waals surface area contributed by atoms with Crippen LogP contribution in [0.1, 0.15) is 21.5 Å². The summed E-state index contributed by atoms with van der Waals surface area (Å²) in [6, 6.07) is 31.0. The summed E-state index contributed by atoms with van der Waals surface area (Å²) in [5.74, 6) is -0.577. The van der Waals surface area contributed by atoms with Crippen LogP contribution in [0.25, 0.3) is 0 Å². The molecule has 0 aliphatic rings. The maximum absolute atomic E-state index is 13.2. The summed E-state index contributed by atoms with van der Waals surface area (Å²) >= 11 is 0. The van der Waals surface area contributed by atoms with E-state index in [1.54, 1.807) is 36.4 Å². The fraction of sp³-hybridized carbons (Fsp3) is 0.129. The van der Waals surface area contributed by atoms with Gasteiger partial charge in [0, 0.05) is 11.3 Å². The van der Waals surface area contributed by atoms with Crippen molar-refractivity contribution < 1.29 is 29.0 Å². The first-order valence-electron chi connectivity index (χ1n) is 12.3. The van der Waals surface area contributed by atoms with Gasteiger partial charge < -0.3 is 25.2 Å². The van der Waals surface area contributed by atoms with Crippen LogP contribution in [0.15, 0.2) is 109 Å². The monoisotopic (exact) mass is 524 g/mol. The van der Waals surface area contributed by atoms with E-state index in [0.29, 0.717) is 28.3 Å². The van der Waals surface area contributed by atoms with E-state index in [4.69, 9.17) is 14.6 Å². The Morgan fingerprint density at radius 1 is 0.718 bits per heavy atom. The maximum atomic E-state index is 13.2. The quantitative estimate of drug-likeness (QED) is 0.239. The van der Waals surface area contributed by atoms with Crippen LogP contribution in [-0.4, -0.2) is 35.5 Å². The number of carboxylic acids is 1. The van der Waals surface area contributed by atoms with Crippen molar-refractivity contribution in [3.63, 3.8) is 0 Å². The van der Waals surface area contributed by atoms with Crippen LogP contribution in [0.4, 0.5) is 5.69 Å². The molecule has 4 rings (SSSR count). The van der Waals surface area contributed by atoms with E-state index in [9.17, 15) is 14.4 Å². The van der Waals surface area contributed by atoms with Gasteiger partial charge in [-0.25, -0.2) is 0 Å². The highest BCUT2D eigenvalue weighted by Gasteiger charge is 2.22. The van der Waals surface area contributed by atoms with Crippen molar-refractivity contribution in [3.05, 3.63) is 126 Å². The van der Waals surface area contributed by atoms with Gasteiger partial charge in [0.25, 0.3) is 5.91 Å². The summed E-state index contributed by atoms with van der Waals surface area (Å²) < 4.78 is 11.6. The molecule has 0 aromatic heterocycles. The molecule has 0 heterocycles. The number of carboxylic acid groups (broad SMARTS) is 1. The summed E-state index contributed by atoms with van der Waals surface area (Å²) in [5.41, 5.74) is 2.33. The highest BCUT2D eigenvalue weighted by molar-refractivity contribution is 6.01. The van der Waals surface area contributed by atoms with Crippen molar-refractivity contribution in [2.45, 2.75) is 19.1 Å². The van der Waals surface area contributed by atoms with Crippen molar-refractivity contribution in [3.8, 4) is 11.5 Å². The molecule has 3 N–H and O–H groups in total. The van der Waals surface area contributed by atoms with Crippen LogP contribution in [0.3, 0.4) is 0 Å². The molecule has 0 spiro atoms. The summed E-state index contributed by atoms with van der Waals surface area (Å²) in [5, 5.41) is 14.5. The van der Waals surface area contributed by atoms with Crippen LogP contribution in [0.2, 0.25) is 0 Å². The first kappa shape index (κ1) is 27.1. The number of para-hydroxylation sites is 1. The second-order valence-corrected chi connectivity index (χ2v) is 8.72. The molecule has 1 unspecified atom stereocenters. The molecule has 0 bridgehead atoms. The van der Waals surface area contributed by atoms with Crippen LogP contribution in [0, 0.1) is 0 Å². The Morgan fingerprint density at radius 3 is 1.97 bits per heavy atom. The molecule has 39 heavy (non-hydrogen) atoms. The van der Waals surface area contributed by atoms with Gasteiger partial charge in [0.05, 0.1) is 19.6 Å². The lowest BCUT2D eigenvalue weighted by Gasteiger charge is -2.19. The predicted octanol–water partition coefficient (Wildman–Crippen LogP) is 5.06. The Morgan fingerprint density at radius 2 is 1.33 bits per heavy atom. The molecular weight excluding hydrogens is 496 g/mol. The largest absolute Gasteiger partial charge is 0.481 e. The van der Waals surface area contributed by atoms with E-state index in [2.05, 4.69) is 10.6 Å². The predicted molar refractivity (Wildman–Crippen MR) is 147 cm³/mol. The first-order valence-corrected chi connectivity index (χ1v) is 12.3. The zero-order valence-corrected chi connectivity index (χ0v) is 21.1. The van der Waals surface area contributed by atoms with Gasteiger partial charge in [-0.2, -0.15) is 0 Å². The number of carbonyl (C=O) groups is 3. The number of aliphatic carboxylic acids is 1. The average Bonchev–Trinajstić information content (AvgIpc) is 2.94. The molecule has 0 saturated heterocycles. The molecule has 4 aromatic rings. The number of rotatable bonds is 12. The molecule has 0 aliphatic carbocycles. The molecule has 8 nitrogen and oxygen atoms in total. The number of ether oxygens (including phenoxy) is 2. The van der Waals surface area contributed by atoms with Crippen molar-refractivity contribution >= 4 is 23.5 Å². The van der Waals surface area contributed by atoms with Crippen LogP contribution < -0.4 is 15.4 Å². The molecule has 0 aliphatic heterocycles. The number of hydrogen-bond donors (Lipinski definition) is 3. The fourth-order valence-electron chi connectivity index (χ4n) is 3.70. The van der Waals surface area contributed by atoms with Gasteiger partial charge in [-0.3, -0.25) is 14.4 Å². The maximum Gasteiger partial charge on any atom is 0.307 e. The van der Waals surface area contributed by atoms with Crippen LogP contribution >= 0.6 is 0 Å². The highest BCUT2D eigenvalue weighted by atomic mass is 16.5. The second kappa shape index (κ2) is 13.6. The summed E-state index contributed by atoms with van der Waals surface area (Å²) in [6.45, 7) is 0.217. The second-order valence-electron chi connectivity index (χ2n) is 8.72. The molecule has 1 atom stereocenters. The highest BCUT2D eigenvalue weighted by Crippen LogP contribution is 2.22. The number of amides is 2. The lowest BCUT2D eigenvalue weighted by molar-refractivity contribution is -0.136. The third-order valence-corrected chi connectivity index (χ3v) is 5.69. The lowest BCUT2D eigenvalue weighted by Crippen LogP contribution is -2.46. The first-order chi connectivity index (χ1) is 19.0. The van der Waals surface area contributed by atoms with Crippen molar-refractivity contribution in [2.24, 2.45) is 0 Å². The van der Waals surface area contributed by atoms with Crippen molar-refractivity contribution in [2.75, 3.05) is 11.9 Å². The standard InChI is InChI=1S/C31H28N2O6/c34-29(35)19-22-11-13-24(14-12-22)30(36)33-28(21-38-20-23-7-3-1-4-8-23)31(37)32-25-15-17-27(18-16-25)39-26-9-5-2-6-10-26/h1-18,28H,19-21H2,(H,32,37)(H,33,36)(H,34,35). The molecular formula is C31H28N2O6. The van der Waals surface area contributed by atoms with E-state index in [1.807, 2.05) is 60.7 Å². The molecule has 0 saturated carbocycles. The summed E-state index contributed by atoms with van der Waals surface area (Å²) in [7, 11) is 0. The zero-order chi connectivity index (χ0) is 27.5. The van der Waals surface area contributed by atoms with E-state index in [-0.39, 0.29) is 19.6 Å². The Hall–Kier alpha value is -4.95. The van der Waals surface area contributed by atoms with Gasteiger partial charge in [-0.15, -0.1) is 0 Å². The van der Waals surface area contributed by atoms with E-state index in [0.717, 1.165) is 5.56 Å². The van der Waals surface area contributed by atoms with Gasteiger partial charge >= 0.3 is 5.97 Å². The van der Waals surface area contributed by atoms with E-state index < -0.39 is 23.8 Å². The molecule has 0 radical (unpaired) electrons. The van der Waals surface area contributed by atoms with E-state index >= 15 is 0 Å². The number of carbonyl (C=O) groups excluding carboxylic acids is 2. The van der Waals surface area contributed by atoms with Gasteiger partial charge in [0.1, 0.15) is 17.5 Å². The molecule has 198 valence electrons. The Kier molecular flexibility index (Phi) is 9.42. The van der Waals surface area contributed by atoms with Gasteiger partial charge in [0.15, 0.2) is 0 Å². The van der Waals surface area contributed by atoms with E-state index in [1.165, 1.54) is 12.1 Å². The molecule has 2 amide bonds. The number of anilines is 1. The lowest BCUT2D eigenvalue weighted by atomic mass is 10.1. The Bertz CT molecular complexity index is 1370. The topological polar surface area (TPSA) is 114 Å². The summed E-state index contributed by atoms with van der Waals surface area (Å²) in [6.07, 6.45) is -0.143. The van der Waals surface area contributed by atoms with Crippen molar-refractivity contribution in [1.29, 1.82) is 0 Å². The minimum Gasteiger partial charge on any atom is -0.481 e.